The zero-order chi connectivity index (χ0) is 32.5. The number of piperazine rings is 1. The summed E-state index contributed by atoms with van der Waals surface area (Å²) in [6.07, 6.45) is 12.1. The number of aromatic nitrogens is 3. The highest BCUT2D eigenvalue weighted by Gasteiger charge is 2.47. The van der Waals surface area contributed by atoms with Crippen LogP contribution in [-0.4, -0.2) is 88.6 Å². The summed E-state index contributed by atoms with van der Waals surface area (Å²) in [7, 11) is 1.70. The molecule has 4 aliphatic rings. The molecule has 2 aromatic carbocycles. The van der Waals surface area contributed by atoms with Crippen LogP contribution in [0.2, 0.25) is 0 Å². The number of hydrogen-bond donors (Lipinski definition) is 2. The fraction of sp³-hybridized carbons (Fsp3) is 0.417. The Morgan fingerprint density at radius 1 is 1.21 bits per heavy atom. The molecule has 3 atom stereocenters. The van der Waals surface area contributed by atoms with Gasteiger partial charge in [0.1, 0.15) is 35.2 Å². The van der Waals surface area contributed by atoms with Crippen molar-refractivity contribution in [3.63, 3.8) is 0 Å². The molecule has 9 nitrogen and oxygen atoms in total. The number of nitrogens with one attached hydrogen (secondary N) is 1. The molecular weight excluding hydrogens is 602 g/mol. The van der Waals surface area contributed by atoms with Gasteiger partial charge in [-0.2, -0.15) is 9.97 Å². The van der Waals surface area contributed by atoms with E-state index in [9.17, 15) is 9.50 Å². The molecule has 2 aromatic heterocycles. The van der Waals surface area contributed by atoms with Crippen molar-refractivity contribution in [1.29, 1.82) is 0 Å². The summed E-state index contributed by atoms with van der Waals surface area (Å²) >= 11 is 0. The average molecular weight is 639 g/mol. The van der Waals surface area contributed by atoms with Gasteiger partial charge in [0.15, 0.2) is 5.82 Å². The van der Waals surface area contributed by atoms with Crippen molar-refractivity contribution < 1.29 is 23.4 Å². The molecule has 0 saturated carbocycles. The molecule has 0 amide bonds. The number of pyridine rings is 1. The van der Waals surface area contributed by atoms with Crippen LogP contribution < -0.4 is 15.0 Å². The zero-order valence-electron chi connectivity index (χ0n) is 26.3. The summed E-state index contributed by atoms with van der Waals surface area (Å²) in [5.74, 6) is 1.43. The highest BCUT2D eigenvalue weighted by Crippen LogP contribution is 2.43. The molecule has 2 bridgehead atoms. The standard InChI is InChI=1S/C36H36F2N6O3/c1-4-25-28(37)7-6-22-12-24(45)13-26(29(22)25)31-30(38)32-27(15-39-31)33(43-17-23-8-10-35(18-43,42-23)19-46-3)41-34(40-32)47-20-36-9-5-11-44(36)16-21(2)14-36/h1,6-7,12-13,15,23,42,45H,2,5,8-11,14,16-20H2,3H3/t23-,35+,36-/m0/s1. The first-order chi connectivity index (χ1) is 22.7. The highest BCUT2D eigenvalue weighted by molar-refractivity contribution is 6.03. The van der Waals surface area contributed by atoms with E-state index in [1.165, 1.54) is 29.8 Å². The minimum atomic E-state index is -0.741. The summed E-state index contributed by atoms with van der Waals surface area (Å²) in [5.41, 5.74) is 0.781. The van der Waals surface area contributed by atoms with Gasteiger partial charge in [0.05, 0.1) is 28.6 Å². The molecule has 6 heterocycles. The normalized spacial score (nSPS) is 25.5. The molecule has 11 heteroatoms. The van der Waals surface area contributed by atoms with Gasteiger partial charge in [-0.05, 0) is 62.2 Å². The Hall–Kier alpha value is -4.37. The Kier molecular flexibility index (Phi) is 7.09. The fourth-order valence-corrected chi connectivity index (χ4v) is 8.50. The number of phenols is 1. The van der Waals surface area contributed by atoms with Gasteiger partial charge in [0.25, 0.3) is 0 Å². The van der Waals surface area contributed by atoms with E-state index < -0.39 is 11.6 Å². The number of fused-ring (bicyclic) bond motifs is 5. The van der Waals surface area contributed by atoms with Gasteiger partial charge in [-0.15, -0.1) is 6.42 Å². The number of rotatable bonds is 7. The smallest absolute Gasteiger partial charge is 0.319 e. The molecule has 242 valence electrons. The predicted octanol–water partition coefficient (Wildman–Crippen LogP) is 4.94. The second kappa shape index (κ2) is 11.1. The maximum absolute atomic E-state index is 16.9. The first-order valence-corrected chi connectivity index (χ1v) is 16.1. The van der Waals surface area contributed by atoms with Crippen LogP contribution in [0, 0.1) is 24.0 Å². The minimum Gasteiger partial charge on any atom is -0.508 e. The summed E-state index contributed by atoms with van der Waals surface area (Å²) < 4.78 is 43.8. The highest BCUT2D eigenvalue weighted by atomic mass is 19.1. The van der Waals surface area contributed by atoms with Crippen LogP contribution in [0.1, 0.15) is 37.7 Å². The van der Waals surface area contributed by atoms with Gasteiger partial charge >= 0.3 is 6.01 Å². The Balaban J connectivity index is 1.28. The molecule has 0 unspecified atom stereocenters. The van der Waals surface area contributed by atoms with Crippen molar-refractivity contribution in [1.82, 2.24) is 25.2 Å². The van der Waals surface area contributed by atoms with E-state index in [2.05, 4.69) is 37.6 Å². The van der Waals surface area contributed by atoms with Crippen LogP contribution in [0.4, 0.5) is 14.6 Å². The van der Waals surface area contributed by atoms with E-state index in [0.29, 0.717) is 42.9 Å². The molecule has 4 saturated heterocycles. The predicted molar refractivity (Wildman–Crippen MR) is 176 cm³/mol. The van der Waals surface area contributed by atoms with E-state index in [0.717, 1.165) is 45.2 Å². The lowest BCUT2D eigenvalue weighted by molar-refractivity contribution is 0.107. The fourth-order valence-electron chi connectivity index (χ4n) is 8.50. The second-order valence-electron chi connectivity index (χ2n) is 13.6. The SMILES string of the molecule is C#Cc1c(F)ccc2cc(O)cc(-c3ncc4c(N5C[C@@H]6CC[C@](COC)(C5)N6)nc(OC[C@@]56CCCN5CC(=C)C6)nc4c3F)c12. The third kappa shape index (κ3) is 4.89. The lowest BCUT2D eigenvalue weighted by atomic mass is 9.94. The Labute approximate surface area is 271 Å². The third-order valence-electron chi connectivity index (χ3n) is 10.4. The molecular formula is C36H36F2N6O3. The summed E-state index contributed by atoms with van der Waals surface area (Å²) in [6.45, 7) is 8.22. The van der Waals surface area contributed by atoms with Gasteiger partial charge in [-0.1, -0.05) is 24.1 Å². The zero-order valence-corrected chi connectivity index (χ0v) is 26.3. The maximum atomic E-state index is 16.9. The lowest BCUT2D eigenvalue weighted by Crippen LogP contribution is -2.61. The topological polar surface area (TPSA) is 95.9 Å². The first kappa shape index (κ1) is 30.0. The van der Waals surface area contributed by atoms with Gasteiger partial charge in [0, 0.05) is 49.9 Å². The molecule has 4 aliphatic heterocycles. The van der Waals surface area contributed by atoms with Crippen molar-refractivity contribution in [2.45, 2.75) is 49.2 Å². The van der Waals surface area contributed by atoms with Crippen molar-refractivity contribution in [3.8, 4) is 35.4 Å². The summed E-state index contributed by atoms with van der Waals surface area (Å²) in [6, 6.07) is 5.83. The average Bonchev–Trinajstić information content (AvgIpc) is 3.68. The van der Waals surface area contributed by atoms with E-state index in [1.54, 1.807) is 13.3 Å². The number of anilines is 1. The number of benzene rings is 2. The quantitative estimate of drug-likeness (QED) is 0.216. The molecule has 8 rings (SSSR count). The minimum absolute atomic E-state index is 0.0217. The van der Waals surface area contributed by atoms with E-state index in [-0.39, 0.29) is 56.6 Å². The van der Waals surface area contributed by atoms with Crippen molar-refractivity contribution >= 4 is 27.5 Å². The molecule has 47 heavy (non-hydrogen) atoms. The second-order valence-corrected chi connectivity index (χ2v) is 13.6. The van der Waals surface area contributed by atoms with Gasteiger partial charge < -0.3 is 24.8 Å². The molecule has 0 aliphatic carbocycles. The van der Waals surface area contributed by atoms with Crippen molar-refractivity contribution in [2.24, 2.45) is 0 Å². The van der Waals surface area contributed by atoms with Gasteiger partial charge in [-0.25, -0.2) is 8.78 Å². The molecule has 0 radical (unpaired) electrons. The monoisotopic (exact) mass is 638 g/mol. The van der Waals surface area contributed by atoms with E-state index in [1.807, 2.05) is 0 Å². The number of ether oxygens (including phenoxy) is 2. The van der Waals surface area contributed by atoms with Crippen LogP contribution in [0.25, 0.3) is 32.9 Å². The summed E-state index contributed by atoms with van der Waals surface area (Å²) in [5, 5.41) is 15.5. The number of halogens is 2. The third-order valence-corrected chi connectivity index (χ3v) is 10.4. The number of hydrogen-bond acceptors (Lipinski definition) is 9. The molecule has 4 aromatic rings. The first-order valence-electron chi connectivity index (χ1n) is 16.1. The number of methoxy groups -OCH3 is 1. The molecule has 0 spiro atoms. The number of phenolic OH excluding ortho intramolecular Hbond substituents is 1. The largest absolute Gasteiger partial charge is 0.508 e. The van der Waals surface area contributed by atoms with Gasteiger partial charge in [0.2, 0.25) is 0 Å². The van der Waals surface area contributed by atoms with Crippen LogP contribution >= 0.6 is 0 Å². The Morgan fingerprint density at radius 2 is 2.09 bits per heavy atom. The van der Waals surface area contributed by atoms with E-state index in [4.69, 9.17) is 20.9 Å². The number of terminal acetylenes is 1. The lowest BCUT2D eigenvalue weighted by Gasteiger charge is -2.41. The van der Waals surface area contributed by atoms with E-state index >= 15 is 4.39 Å². The number of aromatic hydroxyl groups is 1. The molecule has 2 N–H and O–H groups in total. The van der Waals surface area contributed by atoms with Gasteiger partial charge in [-0.3, -0.25) is 9.88 Å². The van der Waals surface area contributed by atoms with Crippen molar-refractivity contribution in [2.75, 3.05) is 51.4 Å². The maximum Gasteiger partial charge on any atom is 0.319 e. The Bertz CT molecular complexity index is 1990. The van der Waals surface area contributed by atoms with Crippen LogP contribution in [0.15, 0.2) is 42.6 Å². The van der Waals surface area contributed by atoms with Crippen molar-refractivity contribution in [3.05, 3.63) is 59.8 Å². The molecule has 4 fully saturated rings. The summed E-state index contributed by atoms with van der Waals surface area (Å²) in [4.78, 5) is 18.7. The Morgan fingerprint density at radius 3 is 2.91 bits per heavy atom. The number of nitrogens with zero attached hydrogens (tertiary/aromatic N) is 5. The van der Waals surface area contributed by atoms with Crippen LogP contribution in [0.3, 0.4) is 0 Å². The van der Waals surface area contributed by atoms with Crippen LogP contribution in [-0.2, 0) is 4.74 Å². The van der Waals surface area contributed by atoms with Crippen LogP contribution in [0.5, 0.6) is 11.8 Å².